The average Bonchev–Trinajstić information content (AvgIpc) is 2.80. The molecule has 2 heterocycles. The molecule has 5 N–H and O–H groups in total. The van der Waals surface area contributed by atoms with E-state index in [0.717, 1.165) is 57.6 Å². The number of pyridine rings is 1. The van der Waals surface area contributed by atoms with E-state index < -0.39 is 11.9 Å². The topological polar surface area (TPSA) is 155 Å². The number of hydrogen-bond acceptors (Lipinski definition) is 7. The van der Waals surface area contributed by atoms with Gasteiger partial charge in [-0.15, -0.1) is 0 Å². The minimum Gasteiger partial charge on any atom is -0.492 e. The lowest BCUT2D eigenvalue weighted by atomic mass is 10.0. The number of nitrogens with zero attached hydrogens (tertiary/aromatic N) is 2. The van der Waals surface area contributed by atoms with Gasteiger partial charge in [-0.25, -0.2) is 0 Å². The summed E-state index contributed by atoms with van der Waals surface area (Å²) in [5.74, 6) is -0.988. The van der Waals surface area contributed by atoms with Crippen LogP contribution in [0.2, 0.25) is 0 Å². The molecule has 1 aromatic heterocycles. The van der Waals surface area contributed by atoms with Crippen LogP contribution in [0.5, 0.6) is 5.75 Å². The summed E-state index contributed by atoms with van der Waals surface area (Å²) in [7, 11) is 0. The summed E-state index contributed by atoms with van der Waals surface area (Å²) in [6.45, 7) is 7.88. The Morgan fingerprint density at radius 1 is 1.14 bits per heavy atom. The van der Waals surface area contributed by atoms with Crippen LogP contribution in [-0.2, 0) is 16.1 Å². The SMILES string of the molecule is CC(=O)O.CC(=O)O.Cc1ccc(C(=O)NC2CCN(Cc3cccnc3)CC2)cc1OCCN. The van der Waals surface area contributed by atoms with E-state index in [1.54, 1.807) is 12.3 Å². The number of nitrogens with two attached hydrogens (primary N) is 1. The molecule has 10 nitrogen and oxygen atoms in total. The first-order valence-corrected chi connectivity index (χ1v) is 11.4. The normalized spacial score (nSPS) is 13.4. The standard InChI is InChI=1S/C21H28N4O2.2C2H4O2/c1-16-4-5-18(13-20(16)27-12-8-22)21(26)24-19-6-10-25(11-7-19)15-17-3-2-9-23-14-17;2*1-2(3)4/h2-5,9,13-14,19H,6-8,10-12,15,22H2,1H3,(H,24,26);2*1H3,(H,3,4). The molecule has 1 aliphatic rings. The third-order valence-corrected chi connectivity index (χ3v) is 4.88. The number of aryl methyl sites for hydroxylation is 1. The van der Waals surface area contributed by atoms with Crippen molar-refractivity contribution in [3.8, 4) is 5.75 Å². The van der Waals surface area contributed by atoms with E-state index in [2.05, 4.69) is 21.3 Å². The van der Waals surface area contributed by atoms with Crippen LogP contribution in [0.4, 0.5) is 0 Å². The Bertz CT molecular complexity index is 911. The molecule has 2 aromatic rings. The molecule has 35 heavy (non-hydrogen) atoms. The highest BCUT2D eigenvalue weighted by Gasteiger charge is 2.21. The maximum Gasteiger partial charge on any atom is 0.300 e. The molecule has 3 rings (SSSR count). The monoisotopic (exact) mass is 488 g/mol. The number of amides is 1. The second-order valence-corrected chi connectivity index (χ2v) is 8.04. The van der Waals surface area contributed by atoms with Gasteiger partial charge in [0, 0.05) is 64.0 Å². The molecule has 0 saturated carbocycles. The number of nitrogens with one attached hydrogen (secondary N) is 1. The number of carbonyl (C=O) groups is 3. The number of carboxylic acids is 2. The molecule has 192 valence electrons. The molecule has 0 bridgehead atoms. The Kier molecular flexibility index (Phi) is 13.7. The maximum atomic E-state index is 12.6. The second kappa shape index (κ2) is 16.2. The number of aromatic nitrogens is 1. The summed E-state index contributed by atoms with van der Waals surface area (Å²) >= 11 is 0. The summed E-state index contributed by atoms with van der Waals surface area (Å²) in [4.78, 5) is 37.2. The van der Waals surface area contributed by atoms with E-state index in [1.807, 2.05) is 31.3 Å². The molecular formula is C25H36N4O6. The highest BCUT2D eigenvalue weighted by atomic mass is 16.5. The van der Waals surface area contributed by atoms with Crippen molar-refractivity contribution in [2.75, 3.05) is 26.2 Å². The molecule has 0 spiro atoms. The molecular weight excluding hydrogens is 452 g/mol. The average molecular weight is 489 g/mol. The third kappa shape index (κ3) is 13.1. The fourth-order valence-corrected chi connectivity index (χ4v) is 3.32. The fraction of sp³-hybridized carbons (Fsp3) is 0.440. The number of ether oxygens (including phenoxy) is 1. The predicted molar refractivity (Wildman–Crippen MR) is 132 cm³/mol. The zero-order valence-corrected chi connectivity index (χ0v) is 20.6. The summed E-state index contributed by atoms with van der Waals surface area (Å²) in [6, 6.07) is 9.84. The summed E-state index contributed by atoms with van der Waals surface area (Å²) in [5, 5.41) is 18.0. The van der Waals surface area contributed by atoms with Crippen molar-refractivity contribution in [2.45, 2.75) is 46.2 Å². The molecule has 0 unspecified atom stereocenters. The second-order valence-electron chi connectivity index (χ2n) is 8.04. The first kappa shape index (κ1) is 29.5. The summed E-state index contributed by atoms with van der Waals surface area (Å²) in [6.07, 6.45) is 5.61. The zero-order chi connectivity index (χ0) is 26.2. The van der Waals surface area contributed by atoms with Crippen LogP contribution in [0, 0.1) is 6.92 Å². The molecule has 1 fully saturated rings. The van der Waals surface area contributed by atoms with E-state index >= 15 is 0 Å². The van der Waals surface area contributed by atoms with Gasteiger partial charge in [0.25, 0.3) is 17.8 Å². The molecule has 1 aromatic carbocycles. The Morgan fingerprint density at radius 2 is 1.77 bits per heavy atom. The number of carbonyl (C=O) groups excluding carboxylic acids is 1. The van der Waals surface area contributed by atoms with Gasteiger partial charge in [0.1, 0.15) is 12.4 Å². The zero-order valence-electron chi connectivity index (χ0n) is 20.6. The molecule has 0 aliphatic carbocycles. The maximum absolute atomic E-state index is 12.6. The van der Waals surface area contributed by atoms with Crippen LogP contribution in [0.25, 0.3) is 0 Å². The van der Waals surface area contributed by atoms with Crippen molar-refractivity contribution >= 4 is 17.8 Å². The third-order valence-electron chi connectivity index (χ3n) is 4.88. The van der Waals surface area contributed by atoms with Gasteiger partial charge in [0.15, 0.2) is 0 Å². The van der Waals surface area contributed by atoms with Crippen molar-refractivity contribution in [1.82, 2.24) is 15.2 Å². The molecule has 1 amide bonds. The quantitative estimate of drug-likeness (QED) is 0.459. The molecule has 1 saturated heterocycles. The Balaban J connectivity index is 0.000000668. The van der Waals surface area contributed by atoms with Crippen LogP contribution in [0.1, 0.15) is 48.2 Å². The van der Waals surface area contributed by atoms with Crippen LogP contribution < -0.4 is 15.8 Å². The van der Waals surface area contributed by atoms with Gasteiger partial charge in [-0.3, -0.25) is 24.3 Å². The van der Waals surface area contributed by atoms with E-state index in [9.17, 15) is 4.79 Å². The minimum absolute atomic E-state index is 0.0432. The van der Waals surface area contributed by atoms with E-state index in [1.165, 1.54) is 5.56 Å². The van der Waals surface area contributed by atoms with Crippen molar-refractivity contribution in [3.05, 3.63) is 59.4 Å². The van der Waals surface area contributed by atoms with Gasteiger partial charge in [-0.05, 0) is 49.1 Å². The van der Waals surface area contributed by atoms with Crippen molar-refractivity contribution in [1.29, 1.82) is 0 Å². The number of piperidine rings is 1. The molecule has 1 aliphatic heterocycles. The van der Waals surface area contributed by atoms with E-state index in [0.29, 0.717) is 18.7 Å². The van der Waals surface area contributed by atoms with Crippen molar-refractivity contribution < 1.29 is 29.3 Å². The number of aliphatic carboxylic acids is 2. The van der Waals surface area contributed by atoms with E-state index in [-0.39, 0.29) is 11.9 Å². The summed E-state index contributed by atoms with van der Waals surface area (Å²) in [5.41, 5.74) is 8.36. The number of rotatable bonds is 7. The van der Waals surface area contributed by atoms with Gasteiger partial charge < -0.3 is 26.0 Å². The van der Waals surface area contributed by atoms with Gasteiger partial charge in [0.2, 0.25) is 0 Å². The van der Waals surface area contributed by atoms with Crippen LogP contribution in [0.15, 0.2) is 42.7 Å². The van der Waals surface area contributed by atoms with Gasteiger partial charge in [-0.2, -0.15) is 0 Å². The van der Waals surface area contributed by atoms with Crippen molar-refractivity contribution in [2.24, 2.45) is 5.73 Å². The first-order valence-electron chi connectivity index (χ1n) is 11.4. The number of likely N-dealkylation sites (tertiary alicyclic amines) is 1. The minimum atomic E-state index is -0.833. The van der Waals surface area contributed by atoms with Crippen LogP contribution in [-0.4, -0.2) is 70.2 Å². The lowest BCUT2D eigenvalue weighted by molar-refractivity contribution is -0.135. The fourth-order valence-electron chi connectivity index (χ4n) is 3.32. The number of carboxylic acid groups (broad SMARTS) is 2. The van der Waals surface area contributed by atoms with Crippen LogP contribution in [0.3, 0.4) is 0 Å². The molecule has 0 atom stereocenters. The lowest BCUT2D eigenvalue weighted by Gasteiger charge is -2.32. The largest absolute Gasteiger partial charge is 0.492 e. The highest BCUT2D eigenvalue weighted by Crippen LogP contribution is 2.20. The smallest absolute Gasteiger partial charge is 0.300 e. The first-order chi connectivity index (χ1) is 16.6. The van der Waals surface area contributed by atoms with Crippen molar-refractivity contribution in [3.63, 3.8) is 0 Å². The number of benzene rings is 1. The number of hydrogen-bond donors (Lipinski definition) is 4. The lowest BCUT2D eigenvalue weighted by Crippen LogP contribution is -2.44. The Labute approximate surface area is 206 Å². The summed E-state index contributed by atoms with van der Waals surface area (Å²) < 4.78 is 5.62. The Morgan fingerprint density at radius 3 is 2.31 bits per heavy atom. The predicted octanol–water partition coefficient (Wildman–Crippen LogP) is 2.30. The van der Waals surface area contributed by atoms with E-state index in [4.69, 9.17) is 30.3 Å². The van der Waals surface area contributed by atoms with Gasteiger partial charge in [0.05, 0.1) is 0 Å². The highest BCUT2D eigenvalue weighted by molar-refractivity contribution is 5.94. The molecule has 0 radical (unpaired) electrons. The Hall–Kier alpha value is -3.50. The molecule has 10 heteroatoms. The van der Waals surface area contributed by atoms with Crippen LogP contribution >= 0.6 is 0 Å². The van der Waals surface area contributed by atoms with Gasteiger partial charge >= 0.3 is 0 Å². The van der Waals surface area contributed by atoms with Gasteiger partial charge in [-0.1, -0.05) is 12.1 Å².